The van der Waals surface area contributed by atoms with E-state index >= 15 is 0 Å². The zero-order valence-electron chi connectivity index (χ0n) is 10.5. The van der Waals surface area contributed by atoms with Gasteiger partial charge in [0, 0.05) is 13.2 Å². The molecular weight excluding hydrogens is 278 g/mol. The number of nitrogens with zero attached hydrogens (tertiary/aromatic N) is 2. The highest BCUT2D eigenvalue weighted by molar-refractivity contribution is 7.89. The van der Waals surface area contributed by atoms with Gasteiger partial charge in [-0.05, 0) is 32.4 Å². The summed E-state index contributed by atoms with van der Waals surface area (Å²) in [6, 6.07) is 0. The number of halogens is 1. The molecule has 18 heavy (non-hydrogen) atoms. The third kappa shape index (κ3) is 4.49. The lowest BCUT2D eigenvalue weighted by molar-refractivity contribution is -0.00515. The topological polar surface area (TPSA) is 81.2 Å². The number of rotatable bonds is 6. The van der Waals surface area contributed by atoms with Crippen LogP contribution in [0.5, 0.6) is 0 Å². The molecule has 0 spiro atoms. The van der Waals surface area contributed by atoms with Crippen molar-refractivity contribution in [3.05, 3.63) is 17.7 Å². The van der Waals surface area contributed by atoms with Crippen molar-refractivity contribution in [1.82, 2.24) is 14.7 Å². The zero-order chi connectivity index (χ0) is 13.8. The van der Waals surface area contributed by atoms with Crippen molar-refractivity contribution in [1.29, 1.82) is 0 Å². The van der Waals surface area contributed by atoms with Crippen molar-refractivity contribution in [3.8, 4) is 0 Å². The molecule has 1 N–H and O–H groups in total. The van der Waals surface area contributed by atoms with Crippen molar-refractivity contribution in [2.24, 2.45) is 0 Å². The largest absolute Gasteiger partial charge is 0.375 e. The van der Waals surface area contributed by atoms with Gasteiger partial charge < -0.3 is 4.74 Å². The second-order valence-electron chi connectivity index (χ2n) is 4.21. The Morgan fingerprint density at radius 1 is 1.39 bits per heavy atom. The molecule has 8 heteroatoms. The van der Waals surface area contributed by atoms with E-state index in [1.54, 1.807) is 13.8 Å². The summed E-state index contributed by atoms with van der Waals surface area (Å²) in [5, 5.41) is 0.00333. The maximum absolute atomic E-state index is 11.9. The number of sulfonamides is 1. The predicted molar refractivity (Wildman–Crippen MR) is 67.9 cm³/mol. The lowest BCUT2D eigenvalue weighted by Crippen LogP contribution is -2.40. The molecule has 0 aliphatic carbocycles. The monoisotopic (exact) mass is 293 g/mol. The molecule has 1 rings (SSSR count). The number of hydrogen-bond donors (Lipinski definition) is 1. The molecule has 0 aliphatic rings. The van der Waals surface area contributed by atoms with Gasteiger partial charge in [0.25, 0.3) is 0 Å². The van der Waals surface area contributed by atoms with E-state index in [-0.39, 0.29) is 16.7 Å². The van der Waals surface area contributed by atoms with Gasteiger partial charge in [-0.2, -0.15) is 0 Å². The third-order valence-electron chi connectivity index (χ3n) is 2.13. The number of hydrogen-bond acceptors (Lipinski definition) is 5. The molecule has 0 aromatic carbocycles. The zero-order valence-corrected chi connectivity index (χ0v) is 12.0. The van der Waals surface area contributed by atoms with Crippen LogP contribution in [0.1, 0.15) is 20.8 Å². The molecule has 0 atom stereocenters. The molecule has 0 unspecified atom stereocenters. The van der Waals surface area contributed by atoms with Crippen LogP contribution in [0.3, 0.4) is 0 Å². The standard InChI is InChI=1S/C10H16ClN3O3S/c1-4-17-10(2,3)7-14-18(15,16)8-5-12-9(11)13-6-8/h5-6,14H,4,7H2,1-3H3. The van der Waals surface area contributed by atoms with E-state index in [9.17, 15) is 8.42 Å². The molecule has 0 radical (unpaired) electrons. The Hall–Kier alpha value is -0.760. The fourth-order valence-electron chi connectivity index (χ4n) is 1.23. The molecule has 1 aromatic heterocycles. The smallest absolute Gasteiger partial charge is 0.243 e. The van der Waals surface area contributed by atoms with Crippen LogP contribution in [0.2, 0.25) is 5.28 Å². The van der Waals surface area contributed by atoms with E-state index in [1.165, 1.54) is 0 Å². The van der Waals surface area contributed by atoms with Gasteiger partial charge >= 0.3 is 0 Å². The van der Waals surface area contributed by atoms with Crippen LogP contribution < -0.4 is 4.72 Å². The molecule has 0 aliphatic heterocycles. The molecule has 0 saturated carbocycles. The molecule has 102 valence electrons. The fourth-order valence-corrected chi connectivity index (χ4v) is 2.42. The maximum atomic E-state index is 11.9. The first-order chi connectivity index (χ1) is 8.27. The first kappa shape index (κ1) is 15.3. The number of ether oxygens (including phenoxy) is 1. The van der Waals surface area contributed by atoms with Crippen LogP contribution in [0, 0.1) is 0 Å². The molecule has 6 nitrogen and oxygen atoms in total. The van der Waals surface area contributed by atoms with Crippen LogP contribution in [0.15, 0.2) is 17.3 Å². The van der Waals surface area contributed by atoms with E-state index in [0.29, 0.717) is 6.61 Å². The molecule has 0 amide bonds. The van der Waals surface area contributed by atoms with Crippen molar-refractivity contribution in [2.75, 3.05) is 13.2 Å². The Bertz CT molecular complexity index is 488. The highest BCUT2D eigenvalue weighted by Gasteiger charge is 2.22. The van der Waals surface area contributed by atoms with Crippen molar-refractivity contribution in [3.63, 3.8) is 0 Å². The van der Waals surface area contributed by atoms with Crippen LogP contribution in [0.4, 0.5) is 0 Å². The van der Waals surface area contributed by atoms with E-state index in [4.69, 9.17) is 16.3 Å². The Labute approximate surface area is 112 Å². The van der Waals surface area contributed by atoms with Gasteiger partial charge in [-0.3, -0.25) is 0 Å². The SMILES string of the molecule is CCOC(C)(C)CNS(=O)(=O)c1cnc(Cl)nc1. The van der Waals surface area contributed by atoms with E-state index in [1.807, 2.05) is 6.92 Å². The number of aromatic nitrogens is 2. The fraction of sp³-hybridized carbons (Fsp3) is 0.600. The summed E-state index contributed by atoms with van der Waals surface area (Å²) in [5.74, 6) is 0. The van der Waals surface area contributed by atoms with Crippen molar-refractivity contribution < 1.29 is 13.2 Å². The Balaban J connectivity index is 2.74. The molecule has 0 fully saturated rings. The Kier molecular flexibility index (Phi) is 5.03. The summed E-state index contributed by atoms with van der Waals surface area (Å²) in [6.45, 7) is 6.13. The van der Waals surface area contributed by atoms with Crippen LogP contribution in [-0.4, -0.2) is 37.1 Å². The van der Waals surface area contributed by atoms with Crippen LogP contribution in [-0.2, 0) is 14.8 Å². The highest BCUT2D eigenvalue weighted by Crippen LogP contribution is 2.11. The van der Waals surface area contributed by atoms with E-state index in [0.717, 1.165) is 12.4 Å². The second kappa shape index (κ2) is 5.92. The average molecular weight is 294 g/mol. The Morgan fingerprint density at radius 2 is 1.94 bits per heavy atom. The van der Waals surface area contributed by atoms with Gasteiger partial charge in [0.05, 0.1) is 18.0 Å². The predicted octanol–water partition coefficient (Wildman–Crippen LogP) is 1.22. The minimum absolute atomic E-state index is 0.00333. The summed E-state index contributed by atoms with van der Waals surface area (Å²) >= 11 is 5.50. The first-order valence-corrected chi connectivity index (χ1v) is 7.24. The number of nitrogens with one attached hydrogen (secondary N) is 1. The van der Waals surface area contributed by atoms with Gasteiger partial charge in [0.15, 0.2) is 0 Å². The molecule has 0 saturated heterocycles. The van der Waals surface area contributed by atoms with E-state index in [2.05, 4.69) is 14.7 Å². The Morgan fingerprint density at radius 3 is 2.44 bits per heavy atom. The molecule has 1 aromatic rings. The van der Waals surface area contributed by atoms with Crippen molar-refractivity contribution >= 4 is 21.6 Å². The van der Waals surface area contributed by atoms with Crippen LogP contribution in [0.25, 0.3) is 0 Å². The maximum Gasteiger partial charge on any atom is 0.243 e. The lowest BCUT2D eigenvalue weighted by atomic mass is 10.1. The van der Waals surface area contributed by atoms with E-state index < -0.39 is 15.6 Å². The normalized spacial score (nSPS) is 12.7. The highest BCUT2D eigenvalue weighted by atomic mass is 35.5. The summed E-state index contributed by atoms with van der Waals surface area (Å²) in [7, 11) is -3.64. The first-order valence-electron chi connectivity index (χ1n) is 5.38. The average Bonchev–Trinajstić information content (AvgIpc) is 2.27. The summed E-state index contributed by atoms with van der Waals surface area (Å²) < 4.78 is 31.7. The van der Waals surface area contributed by atoms with Crippen molar-refractivity contribution in [2.45, 2.75) is 31.3 Å². The minimum atomic E-state index is -3.64. The van der Waals surface area contributed by atoms with Gasteiger partial charge in [-0.15, -0.1) is 0 Å². The summed E-state index contributed by atoms with van der Waals surface area (Å²) in [6.07, 6.45) is 2.32. The second-order valence-corrected chi connectivity index (χ2v) is 6.31. The third-order valence-corrected chi connectivity index (χ3v) is 3.68. The van der Waals surface area contributed by atoms with Crippen LogP contribution >= 0.6 is 11.6 Å². The summed E-state index contributed by atoms with van der Waals surface area (Å²) in [4.78, 5) is 7.23. The quantitative estimate of drug-likeness (QED) is 0.798. The van der Waals surface area contributed by atoms with Gasteiger partial charge in [0.1, 0.15) is 4.90 Å². The summed E-state index contributed by atoms with van der Waals surface area (Å²) in [5.41, 5.74) is -0.574. The van der Waals surface area contributed by atoms with Gasteiger partial charge in [-0.25, -0.2) is 23.1 Å². The van der Waals surface area contributed by atoms with Gasteiger partial charge in [-0.1, -0.05) is 0 Å². The minimum Gasteiger partial charge on any atom is -0.375 e. The molecular formula is C10H16ClN3O3S. The van der Waals surface area contributed by atoms with Gasteiger partial charge in [0.2, 0.25) is 15.3 Å². The lowest BCUT2D eigenvalue weighted by Gasteiger charge is -2.24. The molecule has 1 heterocycles. The molecule has 0 bridgehead atoms.